The van der Waals surface area contributed by atoms with Crippen LogP contribution in [0.4, 0.5) is 0 Å². The molecule has 0 radical (unpaired) electrons. The number of benzene rings is 2. The molecule has 0 amide bonds. The largest absolute Gasteiger partial charge is 0.490 e. The summed E-state index contributed by atoms with van der Waals surface area (Å²) in [6.45, 7) is 9.97. The molecule has 2 aromatic carbocycles. The fourth-order valence-corrected chi connectivity index (χ4v) is 5.45. The van der Waals surface area contributed by atoms with Crippen LogP contribution in [0.5, 0.6) is 11.5 Å². The van der Waals surface area contributed by atoms with Crippen molar-refractivity contribution in [3.8, 4) is 11.5 Å². The van der Waals surface area contributed by atoms with Crippen molar-refractivity contribution in [1.82, 2.24) is 4.57 Å². The molecule has 4 rings (SSSR count). The van der Waals surface area contributed by atoms with Crippen molar-refractivity contribution < 1.29 is 19.0 Å². The summed E-state index contributed by atoms with van der Waals surface area (Å²) >= 11 is 7.81. The topological polar surface area (TPSA) is 79.1 Å². The van der Waals surface area contributed by atoms with Gasteiger partial charge in [0.2, 0.25) is 0 Å². The van der Waals surface area contributed by atoms with Crippen LogP contribution in [-0.4, -0.2) is 29.9 Å². The summed E-state index contributed by atoms with van der Waals surface area (Å²) in [6.07, 6.45) is 1.79. The maximum Gasteiger partial charge on any atom is 0.338 e. The van der Waals surface area contributed by atoms with Crippen LogP contribution >= 0.6 is 22.9 Å². The molecular weight excluding hydrogens is 512 g/mol. The van der Waals surface area contributed by atoms with Gasteiger partial charge in [0.05, 0.1) is 35.1 Å². The number of carbonyl (C=O) groups excluding carboxylic acids is 1. The van der Waals surface area contributed by atoms with E-state index in [2.05, 4.69) is 4.99 Å². The van der Waals surface area contributed by atoms with Gasteiger partial charge in [0.15, 0.2) is 16.3 Å². The zero-order valence-electron chi connectivity index (χ0n) is 21.4. The van der Waals surface area contributed by atoms with Crippen LogP contribution in [0.25, 0.3) is 6.08 Å². The van der Waals surface area contributed by atoms with Gasteiger partial charge in [0.1, 0.15) is 6.04 Å². The Bertz CT molecular complexity index is 1540. The summed E-state index contributed by atoms with van der Waals surface area (Å²) in [4.78, 5) is 31.9. The Morgan fingerprint density at radius 2 is 1.92 bits per heavy atom. The fourth-order valence-electron chi connectivity index (χ4n) is 4.17. The lowest BCUT2D eigenvalue weighted by molar-refractivity contribution is -0.139. The van der Waals surface area contributed by atoms with Crippen LogP contribution in [-0.2, 0) is 9.53 Å². The second-order valence-corrected chi connectivity index (χ2v) is 10.0. The van der Waals surface area contributed by atoms with Crippen LogP contribution in [0.3, 0.4) is 0 Å². The lowest BCUT2D eigenvalue weighted by Crippen LogP contribution is -2.40. The van der Waals surface area contributed by atoms with E-state index in [0.717, 1.165) is 5.56 Å². The molecule has 0 saturated carbocycles. The van der Waals surface area contributed by atoms with Gasteiger partial charge in [0, 0.05) is 5.02 Å². The third kappa shape index (κ3) is 5.50. The number of thiazole rings is 1. The Morgan fingerprint density at radius 3 is 2.59 bits per heavy atom. The summed E-state index contributed by atoms with van der Waals surface area (Å²) in [5.41, 5.74) is 1.92. The van der Waals surface area contributed by atoms with Gasteiger partial charge in [-0.2, -0.15) is 0 Å². The van der Waals surface area contributed by atoms with Crippen molar-refractivity contribution in [3.05, 3.63) is 89.6 Å². The third-order valence-corrected chi connectivity index (χ3v) is 6.97. The van der Waals surface area contributed by atoms with E-state index in [-0.39, 0.29) is 18.3 Å². The molecule has 1 aliphatic rings. The molecule has 2 heterocycles. The monoisotopic (exact) mass is 540 g/mol. The van der Waals surface area contributed by atoms with Crippen molar-refractivity contribution in [2.75, 3.05) is 13.2 Å². The van der Waals surface area contributed by atoms with Crippen LogP contribution in [0, 0.1) is 0 Å². The maximum absolute atomic E-state index is 13.8. The SMILES string of the molecule is CCOC(=O)C1=C(C)N=c2s/c(=C\c3ccc(OC(C)C)c(OCC)c3)c(=O)n2[C@H]1c1ccccc1Cl. The van der Waals surface area contributed by atoms with Crippen molar-refractivity contribution in [2.45, 2.75) is 46.8 Å². The van der Waals surface area contributed by atoms with Crippen LogP contribution in [0.1, 0.15) is 51.8 Å². The molecule has 194 valence electrons. The summed E-state index contributed by atoms with van der Waals surface area (Å²) in [5, 5.41) is 0.445. The molecule has 9 heteroatoms. The highest BCUT2D eigenvalue weighted by atomic mass is 35.5. The Morgan fingerprint density at radius 1 is 1.16 bits per heavy atom. The fraction of sp³-hybridized carbons (Fsp3) is 0.321. The Hall–Kier alpha value is -3.36. The van der Waals surface area contributed by atoms with E-state index in [1.807, 2.05) is 51.1 Å². The minimum absolute atomic E-state index is 0.00427. The summed E-state index contributed by atoms with van der Waals surface area (Å²) < 4.78 is 19.0. The van der Waals surface area contributed by atoms with Gasteiger partial charge in [-0.3, -0.25) is 9.36 Å². The van der Waals surface area contributed by atoms with E-state index in [9.17, 15) is 9.59 Å². The Balaban J connectivity index is 1.89. The number of allylic oxidation sites excluding steroid dienone is 1. The van der Waals surface area contributed by atoms with Crippen LogP contribution < -0.4 is 24.4 Å². The standard InChI is InChI=1S/C28H29ClN2O5S/c1-6-34-22-14-18(12-13-21(22)36-16(3)4)15-23-26(32)31-25(19-10-8-9-11-20(19)29)24(27(33)35-7-2)17(5)30-28(31)37-23/h8-16,25H,6-7H2,1-5H3/b23-15-/t25-/m0/s1. The summed E-state index contributed by atoms with van der Waals surface area (Å²) in [5.74, 6) is 0.723. The van der Waals surface area contributed by atoms with E-state index in [1.54, 1.807) is 32.1 Å². The van der Waals surface area contributed by atoms with Gasteiger partial charge in [0.25, 0.3) is 5.56 Å². The number of carbonyl (C=O) groups is 1. The molecule has 1 atom stereocenters. The number of halogens is 1. The highest BCUT2D eigenvalue weighted by Crippen LogP contribution is 2.34. The van der Waals surface area contributed by atoms with Crippen molar-refractivity contribution in [1.29, 1.82) is 0 Å². The number of hydrogen-bond acceptors (Lipinski definition) is 7. The highest BCUT2D eigenvalue weighted by molar-refractivity contribution is 7.07. The Labute approximate surface area is 224 Å². The zero-order chi connectivity index (χ0) is 26.7. The molecule has 0 fully saturated rings. The van der Waals surface area contributed by atoms with E-state index in [1.165, 1.54) is 15.9 Å². The highest BCUT2D eigenvalue weighted by Gasteiger charge is 2.34. The molecule has 0 unspecified atom stereocenters. The maximum atomic E-state index is 13.8. The molecule has 7 nitrogen and oxygen atoms in total. The molecule has 0 spiro atoms. The average molecular weight is 541 g/mol. The third-order valence-electron chi connectivity index (χ3n) is 5.64. The number of nitrogens with zero attached hydrogens (tertiary/aromatic N) is 2. The first-order chi connectivity index (χ1) is 17.7. The first-order valence-corrected chi connectivity index (χ1v) is 13.3. The predicted octanol–water partition coefficient (Wildman–Crippen LogP) is 4.64. The number of hydrogen-bond donors (Lipinski definition) is 0. The number of esters is 1. The van der Waals surface area contributed by atoms with E-state index < -0.39 is 12.0 Å². The molecular formula is C28H29ClN2O5S. The van der Waals surface area contributed by atoms with Gasteiger partial charge in [-0.15, -0.1) is 0 Å². The average Bonchev–Trinajstić information content (AvgIpc) is 3.14. The van der Waals surface area contributed by atoms with Gasteiger partial charge >= 0.3 is 5.97 Å². The first-order valence-electron chi connectivity index (χ1n) is 12.1. The molecule has 0 saturated heterocycles. The Kier molecular flexibility index (Phi) is 8.19. The van der Waals surface area contributed by atoms with Crippen LogP contribution in [0.2, 0.25) is 5.02 Å². The van der Waals surface area contributed by atoms with Gasteiger partial charge in [-0.05, 0) is 70.0 Å². The molecule has 1 aromatic heterocycles. The van der Waals surface area contributed by atoms with Crippen molar-refractivity contribution >= 4 is 35.0 Å². The van der Waals surface area contributed by atoms with Gasteiger partial charge < -0.3 is 14.2 Å². The normalized spacial score (nSPS) is 15.4. The minimum Gasteiger partial charge on any atom is -0.490 e. The molecule has 0 aliphatic carbocycles. The van der Waals surface area contributed by atoms with E-state index >= 15 is 0 Å². The zero-order valence-corrected chi connectivity index (χ0v) is 23.0. The van der Waals surface area contributed by atoms with Gasteiger partial charge in [-0.1, -0.05) is 47.2 Å². The van der Waals surface area contributed by atoms with Crippen LogP contribution in [0.15, 0.2) is 63.5 Å². The molecule has 37 heavy (non-hydrogen) atoms. The quantitative estimate of drug-likeness (QED) is 0.389. The lowest BCUT2D eigenvalue weighted by atomic mass is 9.96. The lowest BCUT2D eigenvalue weighted by Gasteiger charge is -2.25. The smallest absolute Gasteiger partial charge is 0.338 e. The van der Waals surface area contributed by atoms with Gasteiger partial charge in [-0.25, -0.2) is 9.79 Å². The van der Waals surface area contributed by atoms with E-state index in [4.69, 9.17) is 25.8 Å². The minimum atomic E-state index is -0.757. The van der Waals surface area contributed by atoms with Crippen molar-refractivity contribution in [2.24, 2.45) is 4.99 Å². The van der Waals surface area contributed by atoms with Crippen molar-refractivity contribution in [3.63, 3.8) is 0 Å². The summed E-state index contributed by atoms with van der Waals surface area (Å²) in [7, 11) is 0. The van der Waals surface area contributed by atoms with E-state index in [0.29, 0.717) is 49.3 Å². The second-order valence-electron chi connectivity index (χ2n) is 8.63. The molecule has 1 aliphatic heterocycles. The number of rotatable bonds is 8. The predicted molar refractivity (Wildman–Crippen MR) is 145 cm³/mol. The summed E-state index contributed by atoms with van der Waals surface area (Å²) in [6, 6.07) is 12.0. The number of fused-ring (bicyclic) bond motifs is 1. The first kappa shape index (κ1) is 26.7. The number of ether oxygens (including phenoxy) is 3. The second kappa shape index (κ2) is 11.4. The molecule has 0 bridgehead atoms. The number of aromatic nitrogens is 1. The molecule has 0 N–H and O–H groups in total. The molecule has 3 aromatic rings.